The van der Waals surface area contributed by atoms with Gasteiger partial charge in [0.15, 0.2) is 0 Å². The fourth-order valence-corrected chi connectivity index (χ4v) is 1.64. The standard InChI is InChI=1S/C11H5FIN3O2/c12-7-2-1-3-8(6(7)4-14)18-11-9(13)10(17)15-5-16-11/h1-3,5H,(H,15,16,17). The SMILES string of the molecule is N#Cc1c(F)cccc1Oc1nc[nH]c(=O)c1I. The molecule has 0 spiro atoms. The summed E-state index contributed by atoms with van der Waals surface area (Å²) in [6, 6.07) is 5.70. The number of aromatic amines is 1. The van der Waals surface area contributed by atoms with Crippen LogP contribution in [0.2, 0.25) is 0 Å². The van der Waals surface area contributed by atoms with Crippen molar-refractivity contribution in [3.05, 3.63) is 49.8 Å². The van der Waals surface area contributed by atoms with E-state index in [4.69, 9.17) is 10.00 Å². The Balaban J connectivity index is 2.47. The summed E-state index contributed by atoms with van der Waals surface area (Å²) >= 11 is 1.76. The lowest BCUT2D eigenvalue weighted by atomic mass is 10.2. The second-order valence-electron chi connectivity index (χ2n) is 3.18. The van der Waals surface area contributed by atoms with Crippen LogP contribution < -0.4 is 10.3 Å². The van der Waals surface area contributed by atoms with E-state index in [1.54, 1.807) is 28.7 Å². The summed E-state index contributed by atoms with van der Waals surface area (Å²) in [5, 5.41) is 8.84. The third-order valence-electron chi connectivity index (χ3n) is 2.06. The molecular formula is C11H5FIN3O2. The van der Waals surface area contributed by atoms with E-state index >= 15 is 0 Å². The minimum Gasteiger partial charge on any atom is -0.436 e. The molecule has 0 saturated carbocycles. The zero-order chi connectivity index (χ0) is 13.1. The van der Waals surface area contributed by atoms with E-state index < -0.39 is 5.82 Å². The van der Waals surface area contributed by atoms with Gasteiger partial charge >= 0.3 is 0 Å². The Kier molecular flexibility index (Phi) is 3.57. The van der Waals surface area contributed by atoms with Crippen molar-refractivity contribution >= 4 is 22.6 Å². The molecule has 18 heavy (non-hydrogen) atoms. The molecule has 1 aromatic heterocycles. The first-order chi connectivity index (χ1) is 8.63. The number of nitrogens with zero attached hydrogens (tertiary/aromatic N) is 2. The normalized spacial score (nSPS) is 9.83. The Morgan fingerprint density at radius 3 is 3.00 bits per heavy atom. The molecule has 1 aromatic carbocycles. The highest BCUT2D eigenvalue weighted by molar-refractivity contribution is 14.1. The van der Waals surface area contributed by atoms with Crippen LogP contribution in [0.15, 0.2) is 29.3 Å². The maximum Gasteiger partial charge on any atom is 0.268 e. The lowest BCUT2D eigenvalue weighted by Gasteiger charge is -2.07. The second-order valence-corrected chi connectivity index (χ2v) is 4.26. The Bertz CT molecular complexity index is 693. The van der Waals surface area contributed by atoms with Gasteiger partial charge in [-0.25, -0.2) is 9.37 Å². The van der Waals surface area contributed by atoms with E-state index in [1.807, 2.05) is 0 Å². The molecule has 0 radical (unpaired) electrons. The number of ether oxygens (including phenoxy) is 1. The zero-order valence-electron chi connectivity index (χ0n) is 8.78. The largest absolute Gasteiger partial charge is 0.436 e. The van der Waals surface area contributed by atoms with E-state index in [9.17, 15) is 9.18 Å². The molecule has 2 rings (SSSR count). The van der Waals surface area contributed by atoms with E-state index in [1.165, 1.54) is 18.5 Å². The van der Waals surface area contributed by atoms with E-state index in [0.29, 0.717) is 0 Å². The fourth-order valence-electron chi connectivity index (χ4n) is 1.24. The maximum absolute atomic E-state index is 13.3. The third-order valence-corrected chi connectivity index (χ3v) is 3.01. The quantitative estimate of drug-likeness (QED) is 0.836. The summed E-state index contributed by atoms with van der Waals surface area (Å²) < 4.78 is 18.9. The molecule has 0 amide bonds. The molecule has 7 heteroatoms. The molecule has 2 aromatic rings. The first-order valence-electron chi connectivity index (χ1n) is 4.73. The van der Waals surface area contributed by atoms with Crippen molar-refractivity contribution in [2.75, 3.05) is 0 Å². The van der Waals surface area contributed by atoms with Crippen molar-refractivity contribution in [1.29, 1.82) is 5.26 Å². The average Bonchev–Trinajstić information content (AvgIpc) is 2.35. The molecule has 0 saturated heterocycles. The number of halogens is 2. The number of hydrogen-bond acceptors (Lipinski definition) is 4. The topological polar surface area (TPSA) is 78.8 Å². The summed E-state index contributed by atoms with van der Waals surface area (Å²) in [6.07, 6.45) is 1.17. The molecule has 0 atom stereocenters. The molecule has 0 fully saturated rings. The van der Waals surface area contributed by atoms with Crippen molar-refractivity contribution in [2.24, 2.45) is 0 Å². The van der Waals surface area contributed by atoms with Gasteiger partial charge in [-0.15, -0.1) is 0 Å². The summed E-state index contributed by atoms with van der Waals surface area (Å²) in [4.78, 5) is 17.5. The number of hydrogen-bond donors (Lipinski definition) is 1. The van der Waals surface area contributed by atoms with Crippen molar-refractivity contribution in [1.82, 2.24) is 9.97 Å². The molecule has 5 nitrogen and oxygen atoms in total. The van der Waals surface area contributed by atoms with Gasteiger partial charge in [0.05, 0.1) is 6.33 Å². The number of benzene rings is 1. The van der Waals surface area contributed by atoms with Gasteiger partial charge in [-0.3, -0.25) is 4.79 Å². The molecule has 1 N–H and O–H groups in total. The molecule has 0 bridgehead atoms. The molecule has 0 aliphatic rings. The Morgan fingerprint density at radius 1 is 1.50 bits per heavy atom. The molecule has 0 unspecified atom stereocenters. The van der Waals surface area contributed by atoms with Gasteiger partial charge in [0.1, 0.15) is 26.8 Å². The monoisotopic (exact) mass is 357 g/mol. The average molecular weight is 357 g/mol. The molecular weight excluding hydrogens is 352 g/mol. The van der Waals surface area contributed by atoms with Crippen molar-refractivity contribution in [2.45, 2.75) is 0 Å². The van der Waals surface area contributed by atoms with Gasteiger partial charge in [-0.2, -0.15) is 5.26 Å². The third kappa shape index (κ3) is 2.33. The highest BCUT2D eigenvalue weighted by Gasteiger charge is 2.13. The van der Waals surface area contributed by atoms with E-state index in [-0.39, 0.29) is 26.3 Å². The number of nitrogens with one attached hydrogen (secondary N) is 1. The van der Waals surface area contributed by atoms with Gasteiger partial charge in [0, 0.05) is 0 Å². The van der Waals surface area contributed by atoms with Crippen LogP contribution in [-0.4, -0.2) is 9.97 Å². The first kappa shape index (κ1) is 12.5. The van der Waals surface area contributed by atoms with Crippen LogP contribution in [0.3, 0.4) is 0 Å². The van der Waals surface area contributed by atoms with E-state index in [0.717, 1.165) is 6.07 Å². The van der Waals surface area contributed by atoms with Crippen LogP contribution >= 0.6 is 22.6 Å². The summed E-state index contributed by atoms with van der Waals surface area (Å²) in [6.45, 7) is 0. The summed E-state index contributed by atoms with van der Waals surface area (Å²) in [7, 11) is 0. The molecule has 1 heterocycles. The van der Waals surface area contributed by atoms with Crippen molar-refractivity contribution < 1.29 is 9.13 Å². The van der Waals surface area contributed by atoms with Crippen LogP contribution in [0, 0.1) is 20.7 Å². The lowest BCUT2D eigenvalue weighted by Crippen LogP contribution is -2.11. The summed E-state index contributed by atoms with van der Waals surface area (Å²) in [5.74, 6) is -0.634. The van der Waals surface area contributed by atoms with Gasteiger partial charge in [-0.1, -0.05) is 6.07 Å². The highest BCUT2D eigenvalue weighted by Crippen LogP contribution is 2.26. The number of aromatic nitrogens is 2. The molecule has 90 valence electrons. The van der Waals surface area contributed by atoms with Gasteiger partial charge in [0.2, 0.25) is 5.88 Å². The molecule has 0 aliphatic carbocycles. The first-order valence-corrected chi connectivity index (χ1v) is 5.81. The number of nitriles is 1. The second kappa shape index (κ2) is 5.14. The summed E-state index contributed by atoms with van der Waals surface area (Å²) in [5.41, 5.74) is -0.592. The Labute approximate surface area is 114 Å². The molecule has 0 aliphatic heterocycles. The zero-order valence-corrected chi connectivity index (χ0v) is 10.9. The van der Waals surface area contributed by atoms with Crippen LogP contribution in [0.1, 0.15) is 5.56 Å². The minimum absolute atomic E-state index is 0.0218. The van der Waals surface area contributed by atoms with Gasteiger partial charge in [-0.05, 0) is 34.7 Å². The van der Waals surface area contributed by atoms with Crippen LogP contribution in [0.5, 0.6) is 11.6 Å². The fraction of sp³-hybridized carbons (Fsp3) is 0. The van der Waals surface area contributed by atoms with Crippen LogP contribution in [0.4, 0.5) is 4.39 Å². The number of H-pyrrole nitrogens is 1. The maximum atomic E-state index is 13.3. The van der Waals surface area contributed by atoms with Gasteiger partial charge < -0.3 is 9.72 Å². The van der Waals surface area contributed by atoms with Crippen molar-refractivity contribution in [3.8, 4) is 17.7 Å². The minimum atomic E-state index is -0.685. The predicted octanol–water partition coefficient (Wildman–Crippen LogP) is 2.18. The van der Waals surface area contributed by atoms with Crippen molar-refractivity contribution in [3.63, 3.8) is 0 Å². The predicted molar refractivity (Wildman–Crippen MR) is 68.8 cm³/mol. The Hall–Kier alpha value is -1.95. The lowest BCUT2D eigenvalue weighted by molar-refractivity contribution is 0.450. The number of rotatable bonds is 2. The van der Waals surface area contributed by atoms with Crippen LogP contribution in [-0.2, 0) is 0 Å². The van der Waals surface area contributed by atoms with E-state index in [2.05, 4.69) is 9.97 Å². The highest BCUT2D eigenvalue weighted by atomic mass is 127. The smallest absolute Gasteiger partial charge is 0.268 e. The van der Waals surface area contributed by atoms with Crippen LogP contribution in [0.25, 0.3) is 0 Å². The van der Waals surface area contributed by atoms with Gasteiger partial charge in [0.25, 0.3) is 5.56 Å². The Morgan fingerprint density at radius 2 is 2.28 bits per heavy atom.